The van der Waals surface area contributed by atoms with E-state index in [4.69, 9.17) is 9.47 Å². The van der Waals surface area contributed by atoms with E-state index in [9.17, 15) is 0 Å². The Morgan fingerprint density at radius 1 is 0.905 bits per heavy atom. The largest absolute Gasteiger partial charge is 0.454 e. The molecule has 3 rings (SSSR count). The number of ether oxygens (including phenoxy) is 2. The van der Waals surface area contributed by atoms with Crippen molar-refractivity contribution in [3.63, 3.8) is 0 Å². The second-order valence-corrected chi connectivity index (χ2v) is 6.52. The second-order valence-electron chi connectivity index (χ2n) is 5.27. The zero-order valence-electron chi connectivity index (χ0n) is 12.1. The second kappa shape index (κ2) is 6.23. The van der Waals surface area contributed by atoms with E-state index in [1.807, 2.05) is 6.07 Å². The molecule has 0 aliphatic carbocycles. The first-order chi connectivity index (χ1) is 10.1. The van der Waals surface area contributed by atoms with Crippen LogP contribution in [0.3, 0.4) is 0 Å². The van der Waals surface area contributed by atoms with Gasteiger partial charge in [-0.15, -0.1) is 0 Å². The Bertz CT molecular complexity index is 627. The molecular weight excluding hydrogens is 377 g/mol. The van der Waals surface area contributed by atoms with Gasteiger partial charge in [-0.2, -0.15) is 0 Å². The Labute approximate surface area is 138 Å². The van der Waals surface area contributed by atoms with Crippen molar-refractivity contribution >= 4 is 22.6 Å². The molecule has 2 aromatic rings. The molecule has 1 heterocycles. The van der Waals surface area contributed by atoms with Gasteiger partial charge in [0.2, 0.25) is 6.79 Å². The fourth-order valence-corrected chi connectivity index (χ4v) is 2.86. The molecule has 0 aromatic heterocycles. The average Bonchev–Trinajstić information content (AvgIpc) is 2.95. The Morgan fingerprint density at radius 2 is 1.52 bits per heavy atom. The van der Waals surface area contributed by atoms with Gasteiger partial charge in [0.05, 0.1) is 0 Å². The van der Waals surface area contributed by atoms with Crippen LogP contribution in [0, 0.1) is 3.57 Å². The summed E-state index contributed by atoms with van der Waals surface area (Å²) in [5.41, 5.74) is 2.50. The molecule has 0 amide bonds. The van der Waals surface area contributed by atoms with Crippen LogP contribution in [0.2, 0.25) is 0 Å². The van der Waals surface area contributed by atoms with Crippen LogP contribution < -0.4 is 14.8 Å². The summed E-state index contributed by atoms with van der Waals surface area (Å²) < 4.78 is 12.0. The molecule has 0 saturated carbocycles. The highest BCUT2D eigenvalue weighted by molar-refractivity contribution is 14.1. The normalized spacial score (nSPS) is 15.8. The van der Waals surface area contributed by atoms with Gasteiger partial charge in [0.25, 0.3) is 0 Å². The number of nitrogens with one attached hydrogen (secondary N) is 1. The summed E-state index contributed by atoms with van der Waals surface area (Å²) in [6, 6.07) is 15.3. The first kappa shape index (κ1) is 14.7. The highest BCUT2D eigenvalue weighted by Crippen LogP contribution is 2.34. The van der Waals surface area contributed by atoms with Gasteiger partial charge >= 0.3 is 0 Å². The Kier molecular flexibility index (Phi) is 4.35. The van der Waals surface area contributed by atoms with Crippen molar-refractivity contribution < 1.29 is 9.47 Å². The summed E-state index contributed by atoms with van der Waals surface area (Å²) in [4.78, 5) is 0. The third kappa shape index (κ3) is 3.32. The maximum absolute atomic E-state index is 5.44. The van der Waals surface area contributed by atoms with Gasteiger partial charge in [0.15, 0.2) is 11.5 Å². The maximum Gasteiger partial charge on any atom is 0.231 e. The lowest BCUT2D eigenvalue weighted by Gasteiger charge is -2.21. The minimum Gasteiger partial charge on any atom is -0.454 e. The van der Waals surface area contributed by atoms with Crippen molar-refractivity contribution in [2.45, 2.75) is 25.9 Å². The van der Waals surface area contributed by atoms with Crippen molar-refractivity contribution in [2.24, 2.45) is 0 Å². The molecule has 3 nitrogen and oxygen atoms in total. The molecule has 21 heavy (non-hydrogen) atoms. The lowest BCUT2D eigenvalue weighted by Crippen LogP contribution is -2.22. The SMILES string of the molecule is CC(NC(C)c1ccc2c(c1)OCO2)c1ccc(I)cc1. The molecule has 110 valence electrons. The molecule has 0 bridgehead atoms. The molecule has 0 spiro atoms. The highest BCUT2D eigenvalue weighted by atomic mass is 127. The van der Waals surface area contributed by atoms with Crippen LogP contribution in [-0.2, 0) is 0 Å². The molecule has 2 atom stereocenters. The smallest absolute Gasteiger partial charge is 0.231 e. The van der Waals surface area contributed by atoms with Crippen molar-refractivity contribution in [1.82, 2.24) is 5.32 Å². The van der Waals surface area contributed by atoms with E-state index in [1.54, 1.807) is 0 Å². The zero-order valence-corrected chi connectivity index (χ0v) is 14.3. The van der Waals surface area contributed by atoms with E-state index >= 15 is 0 Å². The fraction of sp³-hybridized carbons (Fsp3) is 0.294. The highest BCUT2D eigenvalue weighted by Gasteiger charge is 2.17. The summed E-state index contributed by atoms with van der Waals surface area (Å²) in [6.07, 6.45) is 0. The standard InChI is InChI=1S/C17H18INO2/c1-11(13-3-6-15(18)7-4-13)19-12(2)14-5-8-16-17(9-14)21-10-20-16/h3-9,11-12,19H,10H2,1-2H3. The number of benzene rings is 2. The first-order valence-corrected chi connectivity index (χ1v) is 8.12. The number of hydrogen-bond donors (Lipinski definition) is 1. The lowest BCUT2D eigenvalue weighted by molar-refractivity contribution is 0.174. The van der Waals surface area contributed by atoms with E-state index in [2.05, 4.69) is 78.2 Å². The predicted octanol–water partition coefficient (Wildman–Crippen LogP) is 4.43. The zero-order chi connectivity index (χ0) is 14.8. The first-order valence-electron chi connectivity index (χ1n) is 7.04. The minimum absolute atomic E-state index is 0.244. The van der Waals surface area contributed by atoms with Gasteiger partial charge in [-0.1, -0.05) is 18.2 Å². The number of hydrogen-bond acceptors (Lipinski definition) is 3. The van der Waals surface area contributed by atoms with Crippen molar-refractivity contribution in [1.29, 1.82) is 0 Å². The number of rotatable bonds is 4. The molecule has 1 aliphatic rings. The summed E-state index contributed by atoms with van der Waals surface area (Å²) in [5.74, 6) is 1.67. The Balaban J connectivity index is 1.70. The number of fused-ring (bicyclic) bond motifs is 1. The van der Waals surface area contributed by atoms with Gasteiger partial charge in [0.1, 0.15) is 0 Å². The lowest BCUT2D eigenvalue weighted by atomic mass is 10.0. The van der Waals surface area contributed by atoms with Gasteiger partial charge in [-0.05, 0) is 71.8 Å². The molecule has 0 saturated heterocycles. The summed E-state index contributed by atoms with van der Waals surface area (Å²) in [5, 5.41) is 3.62. The van der Waals surface area contributed by atoms with Crippen LogP contribution >= 0.6 is 22.6 Å². The Morgan fingerprint density at radius 3 is 2.29 bits per heavy atom. The third-order valence-corrected chi connectivity index (χ3v) is 4.49. The van der Waals surface area contributed by atoms with Crippen LogP contribution in [0.1, 0.15) is 37.1 Å². The van der Waals surface area contributed by atoms with Crippen molar-refractivity contribution in [3.8, 4) is 11.5 Å². The van der Waals surface area contributed by atoms with E-state index < -0.39 is 0 Å². The van der Waals surface area contributed by atoms with Crippen molar-refractivity contribution in [2.75, 3.05) is 6.79 Å². The van der Waals surface area contributed by atoms with Gasteiger partial charge in [-0.25, -0.2) is 0 Å². The van der Waals surface area contributed by atoms with Crippen molar-refractivity contribution in [3.05, 3.63) is 57.2 Å². The predicted molar refractivity (Wildman–Crippen MR) is 91.7 cm³/mol. The van der Waals surface area contributed by atoms with Gasteiger partial charge < -0.3 is 14.8 Å². The van der Waals surface area contributed by atoms with Crippen LogP contribution in [-0.4, -0.2) is 6.79 Å². The van der Waals surface area contributed by atoms with E-state index in [-0.39, 0.29) is 6.04 Å². The van der Waals surface area contributed by atoms with Gasteiger partial charge in [0, 0.05) is 15.7 Å². The van der Waals surface area contributed by atoms with Crippen LogP contribution in [0.15, 0.2) is 42.5 Å². The Hall–Kier alpha value is -1.27. The molecule has 1 aliphatic heterocycles. The summed E-state index contributed by atoms with van der Waals surface area (Å²) >= 11 is 2.33. The van der Waals surface area contributed by atoms with E-state index in [1.165, 1.54) is 14.7 Å². The topological polar surface area (TPSA) is 30.5 Å². The summed E-state index contributed by atoms with van der Waals surface area (Å²) in [6.45, 7) is 4.67. The molecule has 0 radical (unpaired) electrons. The molecule has 2 aromatic carbocycles. The van der Waals surface area contributed by atoms with Crippen LogP contribution in [0.5, 0.6) is 11.5 Å². The average molecular weight is 395 g/mol. The number of halogens is 1. The third-order valence-electron chi connectivity index (χ3n) is 3.77. The maximum atomic E-state index is 5.44. The molecule has 4 heteroatoms. The minimum atomic E-state index is 0.244. The van der Waals surface area contributed by atoms with Crippen LogP contribution in [0.25, 0.3) is 0 Å². The quantitative estimate of drug-likeness (QED) is 0.777. The molecule has 0 fully saturated rings. The molecule has 2 unspecified atom stereocenters. The fourth-order valence-electron chi connectivity index (χ4n) is 2.50. The van der Waals surface area contributed by atoms with Crippen LogP contribution in [0.4, 0.5) is 0 Å². The van der Waals surface area contributed by atoms with Gasteiger partial charge in [-0.3, -0.25) is 0 Å². The van der Waals surface area contributed by atoms with E-state index in [0.29, 0.717) is 12.8 Å². The monoisotopic (exact) mass is 395 g/mol. The molecular formula is C17H18INO2. The van der Waals surface area contributed by atoms with E-state index in [0.717, 1.165) is 11.5 Å². The molecule has 1 N–H and O–H groups in total. The summed E-state index contributed by atoms with van der Waals surface area (Å²) in [7, 11) is 0.